The van der Waals surface area contributed by atoms with E-state index in [2.05, 4.69) is 0 Å². The Bertz CT molecular complexity index is 375. The van der Waals surface area contributed by atoms with Gasteiger partial charge in [0.2, 0.25) is 0 Å². The molecule has 0 spiro atoms. The van der Waals surface area contributed by atoms with Gasteiger partial charge in [0.05, 0.1) is 6.10 Å². The van der Waals surface area contributed by atoms with E-state index in [4.69, 9.17) is 9.47 Å². The van der Waals surface area contributed by atoms with Crippen LogP contribution >= 0.6 is 0 Å². The summed E-state index contributed by atoms with van der Waals surface area (Å²) in [5, 5.41) is 0. The van der Waals surface area contributed by atoms with Crippen molar-refractivity contribution in [1.29, 1.82) is 0 Å². The first-order valence-corrected chi connectivity index (χ1v) is 5.07. The zero-order valence-corrected chi connectivity index (χ0v) is 9.62. The van der Waals surface area contributed by atoms with Gasteiger partial charge in [0, 0.05) is 0 Å². The SMILES string of the molecule is Cc1ccc(F)c(OCC(=O)OC(C)C)c1. The maximum absolute atomic E-state index is 13.2. The molecule has 3 nitrogen and oxygen atoms in total. The molecule has 0 fully saturated rings. The molecular formula is C12H15FO3. The van der Waals surface area contributed by atoms with Crippen molar-refractivity contribution in [3.05, 3.63) is 29.6 Å². The maximum Gasteiger partial charge on any atom is 0.344 e. The summed E-state index contributed by atoms with van der Waals surface area (Å²) < 4.78 is 23.1. The fourth-order valence-electron chi connectivity index (χ4n) is 1.15. The van der Waals surface area contributed by atoms with Gasteiger partial charge in [-0.1, -0.05) is 6.07 Å². The summed E-state index contributed by atoms with van der Waals surface area (Å²) in [4.78, 5) is 11.2. The van der Waals surface area contributed by atoms with Gasteiger partial charge in [0.15, 0.2) is 18.2 Å². The van der Waals surface area contributed by atoms with Gasteiger partial charge in [-0.2, -0.15) is 0 Å². The Morgan fingerprint density at radius 3 is 2.75 bits per heavy atom. The molecule has 0 amide bonds. The number of ether oxygens (including phenoxy) is 2. The fourth-order valence-corrected chi connectivity index (χ4v) is 1.15. The van der Waals surface area contributed by atoms with Gasteiger partial charge in [-0.15, -0.1) is 0 Å². The molecule has 1 rings (SSSR count). The summed E-state index contributed by atoms with van der Waals surface area (Å²) in [6.45, 7) is 5.02. The van der Waals surface area contributed by atoms with Crippen LogP contribution in [0.15, 0.2) is 18.2 Å². The zero-order valence-electron chi connectivity index (χ0n) is 9.62. The van der Waals surface area contributed by atoms with Crippen LogP contribution in [0, 0.1) is 12.7 Å². The average molecular weight is 226 g/mol. The molecule has 0 atom stereocenters. The molecule has 1 aromatic rings. The van der Waals surface area contributed by atoms with E-state index in [1.54, 1.807) is 19.9 Å². The third-order valence-corrected chi connectivity index (χ3v) is 1.80. The Labute approximate surface area is 94.2 Å². The lowest BCUT2D eigenvalue weighted by Crippen LogP contribution is -2.19. The van der Waals surface area contributed by atoms with Crippen molar-refractivity contribution in [3.8, 4) is 5.75 Å². The van der Waals surface area contributed by atoms with Crippen molar-refractivity contribution in [2.75, 3.05) is 6.61 Å². The summed E-state index contributed by atoms with van der Waals surface area (Å²) in [6, 6.07) is 4.48. The molecule has 0 radical (unpaired) electrons. The highest BCUT2D eigenvalue weighted by Crippen LogP contribution is 2.18. The number of esters is 1. The van der Waals surface area contributed by atoms with E-state index in [1.165, 1.54) is 12.1 Å². The number of aryl methyl sites for hydroxylation is 1. The van der Waals surface area contributed by atoms with Gasteiger partial charge in [-0.05, 0) is 38.5 Å². The Balaban J connectivity index is 2.54. The van der Waals surface area contributed by atoms with Crippen molar-refractivity contribution < 1.29 is 18.7 Å². The predicted molar refractivity (Wildman–Crippen MR) is 57.9 cm³/mol. The van der Waals surface area contributed by atoms with E-state index in [1.807, 2.05) is 6.92 Å². The van der Waals surface area contributed by atoms with E-state index < -0.39 is 11.8 Å². The maximum atomic E-state index is 13.2. The van der Waals surface area contributed by atoms with Gasteiger partial charge in [-0.3, -0.25) is 0 Å². The summed E-state index contributed by atoms with van der Waals surface area (Å²) in [5.41, 5.74) is 0.869. The average Bonchev–Trinajstić information content (AvgIpc) is 2.18. The molecule has 1 aromatic carbocycles. The molecule has 0 bridgehead atoms. The Hall–Kier alpha value is -1.58. The number of carbonyl (C=O) groups excluding carboxylic acids is 1. The Morgan fingerprint density at radius 2 is 2.12 bits per heavy atom. The first kappa shape index (κ1) is 12.5. The molecule has 16 heavy (non-hydrogen) atoms. The van der Waals surface area contributed by atoms with Gasteiger partial charge in [0.1, 0.15) is 0 Å². The largest absolute Gasteiger partial charge is 0.479 e. The molecule has 0 aromatic heterocycles. The second-order valence-corrected chi connectivity index (χ2v) is 3.76. The number of carbonyl (C=O) groups is 1. The number of rotatable bonds is 4. The van der Waals surface area contributed by atoms with Gasteiger partial charge in [0.25, 0.3) is 0 Å². The summed E-state index contributed by atoms with van der Waals surface area (Å²) >= 11 is 0. The first-order valence-electron chi connectivity index (χ1n) is 5.07. The standard InChI is InChI=1S/C12H15FO3/c1-8(2)16-12(14)7-15-11-6-9(3)4-5-10(11)13/h4-6,8H,7H2,1-3H3. The summed E-state index contributed by atoms with van der Waals surface area (Å²) in [7, 11) is 0. The minimum Gasteiger partial charge on any atom is -0.479 e. The van der Waals surface area contributed by atoms with Gasteiger partial charge < -0.3 is 9.47 Å². The smallest absolute Gasteiger partial charge is 0.344 e. The molecule has 0 unspecified atom stereocenters. The second-order valence-electron chi connectivity index (χ2n) is 3.76. The van der Waals surface area contributed by atoms with Crippen molar-refractivity contribution >= 4 is 5.97 Å². The lowest BCUT2D eigenvalue weighted by atomic mass is 10.2. The van der Waals surface area contributed by atoms with Crippen molar-refractivity contribution in [2.45, 2.75) is 26.9 Å². The molecule has 0 aliphatic heterocycles. The molecule has 88 valence electrons. The number of benzene rings is 1. The van der Waals surface area contributed by atoms with Crippen LogP contribution < -0.4 is 4.74 Å². The zero-order chi connectivity index (χ0) is 12.1. The van der Waals surface area contributed by atoms with Crippen LogP contribution in [0.25, 0.3) is 0 Å². The van der Waals surface area contributed by atoms with Crippen LogP contribution in [0.5, 0.6) is 5.75 Å². The third kappa shape index (κ3) is 3.88. The van der Waals surface area contributed by atoms with Crippen LogP contribution in [0.4, 0.5) is 4.39 Å². The lowest BCUT2D eigenvalue weighted by molar-refractivity contribution is -0.149. The highest BCUT2D eigenvalue weighted by Gasteiger charge is 2.09. The quantitative estimate of drug-likeness (QED) is 0.740. The van der Waals surface area contributed by atoms with Gasteiger partial charge in [-0.25, -0.2) is 9.18 Å². The van der Waals surface area contributed by atoms with E-state index in [9.17, 15) is 9.18 Å². The van der Waals surface area contributed by atoms with E-state index in [0.717, 1.165) is 5.56 Å². The van der Waals surface area contributed by atoms with Crippen molar-refractivity contribution in [2.24, 2.45) is 0 Å². The van der Waals surface area contributed by atoms with E-state index >= 15 is 0 Å². The lowest BCUT2D eigenvalue weighted by Gasteiger charge is -2.10. The highest BCUT2D eigenvalue weighted by molar-refractivity contribution is 5.71. The minimum atomic E-state index is -0.504. The van der Waals surface area contributed by atoms with Crippen molar-refractivity contribution in [1.82, 2.24) is 0 Å². The minimum absolute atomic E-state index is 0.0701. The molecular weight excluding hydrogens is 211 g/mol. The Morgan fingerprint density at radius 1 is 1.44 bits per heavy atom. The summed E-state index contributed by atoms with van der Waals surface area (Å²) in [6.07, 6.45) is -0.196. The highest BCUT2D eigenvalue weighted by atomic mass is 19.1. The molecule has 0 aliphatic rings. The van der Waals surface area contributed by atoms with E-state index in [0.29, 0.717) is 0 Å². The topological polar surface area (TPSA) is 35.5 Å². The van der Waals surface area contributed by atoms with Crippen LogP contribution in [0.1, 0.15) is 19.4 Å². The third-order valence-electron chi connectivity index (χ3n) is 1.80. The second kappa shape index (κ2) is 5.49. The van der Waals surface area contributed by atoms with Crippen LogP contribution in [-0.4, -0.2) is 18.7 Å². The monoisotopic (exact) mass is 226 g/mol. The van der Waals surface area contributed by atoms with Crippen LogP contribution in [0.3, 0.4) is 0 Å². The van der Waals surface area contributed by atoms with E-state index in [-0.39, 0.29) is 18.5 Å². The molecule has 0 saturated heterocycles. The number of halogens is 1. The fraction of sp³-hybridized carbons (Fsp3) is 0.417. The predicted octanol–water partition coefficient (Wildman–Crippen LogP) is 2.46. The van der Waals surface area contributed by atoms with Crippen molar-refractivity contribution in [3.63, 3.8) is 0 Å². The van der Waals surface area contributed by atoms with Crippen LogP contribution in [-0.2, 0) is 9.53 Å². The molecule has 0 N–H and O–H groups in total. The molecule has 0 aliphatic carbocycles. The first-order chi connectivity index (χ1) is 7.49. The molecule has 4 heteroatoms. The van der Waals surface area contributed by atoms with Gasteiger partial charge >= 0.3 is 5.97 Å². The molecule has 0 saturated carbocycles. The normalized spacial score (nSPS) is 10.3. The molecule has 0 heterocycles. The number of hydrogen-bond donors (Lipinski definition) is 0. The Kier molecular flexibility index (Phi) is 4.28. The number of hydrogen-bond acceptors (Lipinski definition) is 3. The summed E-state index contributed by atoms with van der Waals surface area (Å²) in [5.74, 6) is -0.917. The van der Waals surface area contributed by atoms with Crippen LogP contribution in [0.2, 0.25) is 0 Å².